The molecular formula is C33H38N6O2. The zero-order valence-corrected chi connectivity index (χ0v) is 24.0. The molecule has 41 heavy (non-hydrogen) atoms. The van der Waals surface area contributed by atoms with Gasteiger partial charge >= 0.3 is 0 Å². The van der Waals surface area contributed by atoms with Crippen LogP contribution in [0.25, 0.3) is 0 Å². The lowest BCUT2D eigenvalue weighted by atomic mass is 9.99. The third-order valence-corrected chi connectivity index (χ3v) is 8.12. The number of para-hydroxylation sites is 1. The molecule has 0 saturated carbocycles. The van der Waals surface area contributed by atoms with Crippen LogP contribution in [0.4, 0.5) is 17.1 Å². The number of aryl methyl sites for hydroxylation is 3. The van der Waals surface area contributed by atoms with E-state index in [0.29, 0.717) is 30.8 Å². The predicted octanol–water partition coefficient (Wildman–Crippen LogP) is 4.62. The van der Waals surface area contributed by atoms with Gasteiger partial charge in [-0.15, -0.1) is 0 Å². The van der Waals surface area contributed by atoms with Gasteiger partial charge in [0, 0.05) is 55.7 Å². The summed E-state index contributed by atoms with van der Waals surface area (Å²) in [5, 5.41) is 19.4. The van der Waals surface area contributed by atoms with Crippen molar-refractivity contribution in [3.8, 4) is 6.07 Å². The number of rotatable bonds is 6. The molecule has 2 fully saturated rings. The molecule has 2 heterocycles. The molecule has 0 aliphatic carbocycles. The molecule has 8 nitrogen and oxygen atoms in total. The van der Waals surface area contributed by atoms with Gasteiger partial charge in [0.15, 0.2) is 0 Å². The average Bonchev–Trinajstić information content (AvgIpc) is 2.99. The largest absolute Gasteiger partial charge is 0.382 e. The summed E-state index contributed by atoms with van der Waals surface area (Å²) in [5.74, 6) is -0.193. The maximum Gasteiger partial charge on any atom is 0.254 e. The minimum absolute atomic E-state index is 0.0527. The van der Waals surface area contributed by atoms with Crippen molar-refractivity contribution in [1.29, 1.82) is 5.26 Å². The van der Waals surface area contributed by atoms with Gasteiger partial charge in [0.1, 0.15) is 12.1 Å². The van der Waals surface area contributed by atoms with Crippen LogP contribution in [0.5, 0.6) is 0 Å². The Morgan fingerprint density at radius 1 is 0.951 bits per heavy atom. The molecule has 3 aromatic rings. The molecule has 0 radical (unpaired) electrons. The fourth-order valence-corrected chi connectivity index (χ4v) is 5.71. The second-order valence-electron chi connectivity index (χ2n) is 11.1. The molecule has 0 aromatic heterocycles. The Labute approximate surface area is 242 Å². The summed E-state index contributed by atoms with van der Waals surface area (Å²) < 4.78 is 0. The highest BCUT2D eigenvalue weighted by molar-refractivity contribution is 5.99. The van der Waals surface area contributed by atoms with Gasteiger partial charge in [-0.25, -0.2) is 0 Å². The van der Waals surface area contributed by atoms with Crippen LogP contribution in [-0.4, -0.2) is 61.5 Å². The first-order valence-corrected chi connectivity index (χ1v) is 14.3. The summed E-state index contributed by atoms with van der Waals surface area (Å²) >= 11 is 0. The van der Waals surface area contributed by atoms with Gasteiger partial charge in [-0.1, -0.05) is 35.9 Å². The maximum absolute atomic E-state index is 13.7. The molecule has 3 N–H and O–H groups in total. The number of nitrogens with one attached hydrogen (secondary N) is 3. The van der Waals surface area contributed by atoms with Crippen LogP contribution in [0.3, 0.4) is 0 Å². The van der Waals surface area contributed by atoms with Crippen molar-refractivity contribution < 1.29 is 9.59 Å². The number of benzene rings is 3. The van der Waals surface area contributed by atoms with Crippen LogP contribution >= 0.6 is 0 Å². The number of nitriles is 1. The molecular weight excluding hydrogens is 512 g/mol. The Morgan fingerprint density at radius 3 is 2.41 bits per heavy atom. The highest BCUT2D eigenvalue weighted by Gasteiger charge is 2.30. The normalized spacial score (nSPS) is 17.6. The summed E-state index contributed by atoms with van der Waals surface area (Å²) in [4.78, 5) is 30.7. The monoisotopic (exact) mass is 550 g/mol. The van der Waals surface area contributed by atoms with E-state index in [0.717, 1.165) is 59.7 Å². The molecule has 2 aliphatic rings. The van der Waals surface area contributed by atoms with Crippen LogP contribution in [0.15, 0.2) is 60.7 Å². The quantitative estimate of drug-likeness (QED) is 0.414. The highest BCUT2D eigenvalue weighted by atomic mass is 16.2. The first-order valence-electron chi connectivity index (χ1n) is 14.3. The molecule has 5 rings (SSSR count). The van der Waals surface area contributed by atoms with E-state index in [1.165, 1.54) is 0 Å². The van der Waals surface area contributed by atoms with E-state index >= 15 is 0 Å². The molecule has 8 heteroatoms. The summed E-state index contributed by atoms with van der Waals surface area (Å²) in [5.41, 5.74) is 7.25. The van der Waals surface area contributed by atoms with Crippen LogP contribution in [0, 0.1) is 32.1 Å². The van der Waals surface area contributed by atoms with Crippen molar-refractivity contribution in [2.24, 2.45) is 0 Å². The number of hydrogen-bond acceptors (Lipinski definition) is 6. The van der Waals surface area contributed by atoms with Crippen molar-refractivity contribution in [3.05, 3.63) is 88.5 Å². The second-order valence-corrected chi connectivity index (χ2v) is 11.1. The minimum Gasteiger partial charge on any atom is -0.382 e. The van der Waals surface area contributed by atoms with Gasteiger partial charge in [-0.3, -0.25) is 9.59 Å². The van der Waals surface area contributed by atoms with Crippen LogP contribution < -0.4 is 20.9 Å². The van der Waals surface area contributed by atoms with E-state index < -0.39 is 6.04 Å². The van der Waals surface area contributed by atoms with Gasteiger partial charge < -0.3 is 25.8 Å². The van der Waals surface area contributed by atoms with Crippen molar-refractivity contribution in [1.82, 2.24) is 10.2 Å². The predicted molar refractivity (Wildman–Crippen MR) is 163 cm³/mol. The molecule has 1 unspecified atom stereocenters. The molecule has 0 bridgehead atoms. The Balaban J connectivity index is 1.23. The lowest BCUT2D eigenvalue weighted by Crippen LogP contribution is -2.57. The van der Waals surface area contributed by atoms with Gasteiger partial charge in [0.2, 0.25) is 5.91 Å². The molecule has 2 aliphatic heterocycles. The first-order chi connectivity index (χ1) is 19.8. The lowest BCUT2D eigenvalue weighted by molar-refractivity contribution is -0.118. The zero-order chi connectivity index (χ0) is 28.9. The standard InChI is InChI=1S/C33H38N6O2/c1-22-8-10-26(11-9-22)37-32(40)30-21-39(17-14-35-30)33(41)28-19-29(24(3)18-23(28)2)36-27-12-15-38(16-13-27)31-7-5-4-6-25(31)20-34/h4-11,18-19,27,30,35-36H,12-17,21H2,1-3H3,(H,37,40). The van der Waals surface area contributed by atoms with Crippen LogP contribution in [0.1, 0.15) is 45.5 Å². The number of piperazine rings is 1. The molecule has 2 saturated heterocycles. The fourth-order valence-electron chi connectivity index (χ4n) is 5.71. The van der Waals surface area contributed by atoms with E-state index in [1.54, 1.807) is 4.90 Å². The highest BCUT2D eigenvalue weighted by Crippen LogP contribution is 2.28. The van der Waals surface area contributed by atoms with Crippen molar-refractivity contribution in [2.45, 2.75) is 45.7 Å². The molecule has 1 atom stereocenters. The van der Waals surface area contributed by atoms with E-state index in [9.17, 15) is 14.9 Å². The van der Waals surface area contributed by atoms with Crippen LogP contribution in [0.2, 0.25) is 0 Å². The Bertz CT molecular complexity index is 1450. The topological polar surface area (TPSA) is 100 Å². The summed E-state index contributed by atoms with van der Waals surface area (Å²) in [7, 11) is 0. The molecule has 212 valence electrons. The number of hydrogen-bond donors (Lipinski definition) is 3. The van der Waals surface area contributed by atoms with E-state index in [4.69, 9.17) is 0 Å². The smallest absolute Gasteiger partial charge is 0.254 e. The zero-order valence-electron chi connectivity index (χ0n) is 24.0. The third-order valence-electron chi connectivity index (χ3n) is 8.12. The summed E-state index contributed by atoms with van der Waals surface area (Å²) in [6.07, 6.45) is 1.87. The molecule has 0 spiro atoms. The number of amides is 2. The number of carbonyl (C=O) groups excluding carboxylic acids is 2. The number of nitrogens with zero attached hydrogens (tertiary/aromatic N) is 3. The van der Waals surface area contributed by atoms with Crippen molar-refractivity contribution in [3.63, 3.8) is 0 Å². The van der Waals surface area contributed by atoms with Gasteiger partial charge in [-0.2, -0.15) is 5.26 Å². The number of anilines is 3. The summed E-state index contributed by atoms with van der Waals surface area (Å²) in [6, 6.07) is 21.6. The lowest BCUT2D eigenvalue weighted by Gasteiger charge is -2.35. The van der Waals surface area contributed by atoms with E-state index in [-0.39, 0.29) is 17.9 Å². The Morgan fingerprint density at radius 2 is 1.68 bits per heavy atom. The number of carbonyl (C=O) groups is 2. The Hall–Kier alpha value is -4.35. The maximum atomic E-state index is 13.7. The van der Waals surface area contributed by atoms with E-state index in [2.05, 4.69) is 39.9 Å². The Kier molecular flexibility index (Phi) is 8.55. The van der Waals surface area contributed by atoms with Crippen molar-refractivity contribution in [2.75, 3.05) is 48.3 Å². The molecule has 2 amide bonds. The molecule has 3 aromatic carbocycles. The SMILES string of the molecule is Cc1ccc(NC(=O)C2CN(C(=O)c3cc(NC4CCN(c5ccccc5C#N)CC4)c(C)cc3C)CCN2)cc1. The number of piperidine rings is 1. The van der Waals surface area contributed by atoms with Crippen molar-refractivity contribution >= 4 is 28.9 Å². The van der Waals surface area contributed by atoms with Gasteiger partial charge in [0.05, 0.1) is 11.3 Å². The van der Waals surface area contributed by atoms with E-state index in [1.807, 2.05) is 68.4 Å². The minimum atomic E-state index is -0.478. The third kappa shape index (κ3) is 6.53. The van der Waals surface area contributed by atoms with Gasteiger partial charge in [-0.05, 0) is 75.1 Å². The fraction of sp³-hybridized carbons (Fsp3) is 0.364. The first kappa shape index (κ1) is 28.2. The van der Waals surface area contributed by atoms with Gasteiger partial charge in [0.25, 0.3) is 5.91 Å². The van der Waals surface area contributed by atoms with Crippen LogP contribution in [-0.2, 0) is 4.79 Å². The second kappa shape index (κ2) is 12.4. The average molecular weight is 551 g/mol. The summed E-state index contributed by atoms with van der Waals surface area (Å²) in [6.45, 7) is 9.19.